The molecule has 1 aromatic rings. The van der Waals surface area contributed by atoms with Crippen LogP contribution < -0.4 is 0 Å². The molecule has 1 aromatic heterocycles. The Morgan fingerprint density at radius 3 is 2.78 bits per heavy atom. The van der Waals surface area contributed by atoms with Crippen LogP contribution in [0.2, 0.25) is 0 Å². The van der Waals surface area contributed by atoms with Gasteiger partial charge in [-0.2, -0.15) is 5.10 Å². The number of carbonyl (C=O) groups excluding carboxylic acids is 1. The Balaban J connectivity index is 2.10. The van der Waals surface area contributed by atoms with Crippen molar-refractivity contribution in [1.82, 2.24) is 10.2 Å². The van der Waals surface area contributed by atoms with Gasteiger partial charge in [-0.05, 0) is 18.8 Å². The van der Waals surface area contributed by atoms with Gasteiger partial charge in [-0.1, -0.05) is 26.3 Å². The van der Waals surface area contributed by atoms with E-state index in [2.05, 4.69) is 31.0 Å². The van der Waals surface area contributed by atoms with Crippen molar-refractivity contribution in [2.24, 2.45) is 5.41 Å². The van der Waals surface area contributed by atoms with Crippen molar-refractivity contribution in [3.8, 4) is 0 Å². The second kappa shape index (κ2) is 3.56. The van der Waals surface area contributed by atoms with Crippen LogP contribution in [-0.4, -0.2) is 16.0 Å². The van der Waals surface area contributed by atoms with E-state index in [4.69, 9.17) is 0 Å². The van der Waals surface area contributed by atoms with Crippen LogP contribution in [0.4, 0.5) is 0 Å². The Morgan fingerprint density at radius 1 is 1.33 bits per heavy atom. The SMILES string of the molecule is Cc1[nH]nc2c1C(C)C1=C(C2)CC(C)(C)CC1=O. The summed E-state index contributed by atoms with van der Waals surface area (Å²) in [4.78, 5) is 12.4. The first-order valence-corrected chi connectivity index (χ1v) is 6.68. The third kappa shape index (κ3) is 1.57. The van der Waals surface area contributed by atoms with Crippen LogP contribution in [0.3, 0.4) is 0 Å². The summed E-state index contributed by atoms with van der Waals surface area (Å²) in [5.41, 5.74) is 6.01. The molecule has 1 heterocycles. The highest BCUT2D eigenvalue weighted by Crippen LogP contribution is 2.46. The van der Waals surface area contributed by atoms with Crippen molar-refractivity contribution in [3.63, 3.8) is 0 Å². The zero-order valence-electron chi connectivity index (χ0n) is 11.6. The molecule has 3 rings (SSSR count). The molecule has 0 aliphatic heterocycles. The first-order chi connectivity index (χ1) is 8.39. The van der Waals surface area contributed by atoms with Gasteiger partial charge in [0.05, 0.1) is 5.69 Å². The van der Waals surface area contributed by atoms with Crippen LogP contribution in [-0.2, 0) is 11.2 Å². The largest absolute Gasteiger partial charge is 0.295 e. The fraction of sp³-hybridized carbons (Fsp3) is 0.600. The third-order valence-electron chi connectivity index (χ3n) is 4.33. The predicted molar refractivity (Wildman–Crippen MR) is 70.5 cm³/mol. The van der Waals surface area contributed by atoms with Crippen LogP contribution in [0.15, 0.2) is 11.1 Å². The molecule has 18 heavy (non-hydrogen) atoms. The Labute approximate surface area is 108 Å². The van der Waals surface area contributed by atoms with Crippen LogP contribution in [0, 0.1) is 12.3 Å². The van der Waals surface area contributed by atoms with Gasteiger partial charge in [-0.15, -0.1) is 0 Å². The molecule has 0 fully saturated rings. The molecule has 2 aliphatic carbocycles. The van der Waals surface area contributed by atoms with E-state index in [1.807, 2.05) is 6.92 Å². The standard InChI is InChI=1S/C15H20N2O/c1-8-13-9(2)16-17-11(13)5-10-6-15(3,4)7-12(18)14(8)10/h8H,5-7H2,1-4H3,(H,16,17). The number of nitrogens with one attached hydrogen (secondary N) is 1. The Bertz CT molecular complexity index is 563. The van der Waals surface area contributed by atoms with Crippen molar-refractivity contribution in [2.45, 2.75) is 52.9 Å². The molecule has 3 nitrogen and oxygen atoms in total. The van der Waals surface area contributed by atoms with Gasteiger partial charge in [-0.3, -0.25) is 9.89 Å². The molecule has 96 valence electrons. The minimum Gasteiger partial charge on any atom is -0.295 e. The van der Waals surface area contributed by atoms with E-state index in [1.54, 1.807) is 0 Å². The molecular weight excluding hydrogens is 224 g/mol. The maximum absolute atomic E-state index is 12.4. The maximum Gasteiger partial charge on any atom is 0.159 e. The van der Waals surface area contributed by atoms with Crippen molar-refractivity contribution < 1.29 is 4.79 Å². The summed E-state index contributed by atoms with van der Waals surface area (Å²) < 4.78 is 0. The number of fused-ring (bicyclic) bond motifs is 1. The lowest BCUT2D eigenvalue weighted by Gasteiger charge is -2.36. The predicted octanol–water partition coefficient (Wildman–Crippen LogP) is 3.06. The highest BCUT2D eigenvalue weighted by Gasteiger charge is 2.39. The zero-order valence-corrected chi connectivity index (χ0v) is 11.6. The molecule has 0 saturated heterocycles. The number of aryl methyl sites for hydroxylation is 1. The topological polar surface area (TPSA) is 45.8 Å². The van der Waals surface area contributed by atoms with E-state index in [0.717, 1.165) is 29.8 Å². The van der Waals surface area contributed by atoms with Gasteiger partial charge in [0, 0.05) is 35.6 Å². The van der Waals surface area contributed by atoms with Gasteiger partial charge >= 0.3 is 0 Å². The minimum atomic E-state index is 0.110. The Kier molecular flexibility index (Phi) is 2.31. The van der Waals surface area contributed by atoms with Gasteiger partial charge in [-0.25, -0.2) is 0 Å². The summed E-state index contributed by atoms with van der Waals surface area (Å²) >= 11 is 0. The lowest BCUT2D eigenvalue weighted by molar-refractivity contribution is -0.118. The zero-order chi connectivity index (χ0) is 13.1. The molecule has 0 spiro atoms. The molecule has 0 aromatic carbocycles. The van der Waals surface area contributed by atoms with Gasteiger partial charge in [0.15, 0.2) is 5.78 Å². The first-order valence-electron chi connectivity index (χ1n) is 6.68. The summed E-state index contributed by atoms with van der Waals surface area (Å²) in [5.74, 6) is 0.561. The van der Waals surface area contributed by atoms with Crippen molar-refractivity contribution in [2.75, 3.05) is 0 Å². The fourth-order valence-corrected chi connectivity index (χ4v) is 3.71. The number of aromatic amines is 1. The van der Waals surface area contributed by atoms with Gasteiger partial charge in [0.1, 0.15) is 0 Å². The summed E-state index contributed by atoms with van der Waals surface area (Å²) in [6.07, 6.45) is 2.57. The number of allylic oxidation sites excluding steroid dienone is 2. The third-order valence-corrected chi connectivity index (χ3v) is 4.33. The number of hydrogen-bond donors (Lipinski definition) is 1. The second-order valence-corrected chi connectivity index (χ2v) is 6.57. The summed E-state index contributed by atoms with van der Waals surface area (Å²) in [7, 11) is 0. The van der Waals surface area contributed by atoms with Crippen LogP contribution in [0.25, 0.3) is 0 Å². The Morgan fingerprint density at radius 2 is 2.06 bits per heavy atom. The van der Waals surface area contributed by atoms with Crippen LogP contribution in [0.5, 0.6) is 0 Å². The summed E-state index contributed by atoms with van der Waals surface area (Å²) in [5, 5.41) is 7.47. The number of hydrogen-bond acceptors (Lipinski definition) is 2. The number of nitrogens with zero attached hydrogens (tertiary/aromatic N) is 1. The molecule has 2 aliphatic rings. The molecule has 0 bridgehead atoms. The molecular formula is C15H20N2O. The second-order valence-electron chi connectivity index (χ2n) is 6.57. The van der Waals surface area contributed by atoms with Gasteiger partial charge in [0.25, 0.3) is 0 Å². The highest BCUT2D eigenvalue weighted by molar-refractivity contribution is 5.99. The van der Waals surface area contributed by atoms with E-state index >= 15 is 0 Å². The molecule has 0 amide bonds. The van der Waals surface area contributed by atoms with Crippen molar-refractivity contribution in [3.05, 3.63) is 28.1 Å². The van der Waals surface area contributed by atoms with Gasteiger partial charge < -0.3 is 0 Å². The number of Topliss-reactive ketones (excluding diaryl/α,β-unsaturated/α-hetero) is 1. The van der Waals surface area contributed by atoms with E-state index in [0.29, 0.717) is 12.2 Å². The van der Waals surface area contributed by atoms with Crippen molar-refractivity contribution >= 4 is 5.78 Å². The molecule has 1 unspecified atom stereocenters. The van der Waals surface area contributed by atoms with Crippen molar-refractivity contribution in [1.29, 1.82) is 0 Å². The van der Waals surface area contributed by atoms with Crippen LogP contribution >= 0.6 is 0 Å². The van der Waals surface area contributed by atoms with E-state index in [-0.39, 0.29) is 11.3 Å². The highest BCUT2D eigenvalue weighted by atomic mass is 16.1. The number of carbonyl (C=O) groups is 1. The van der Waals surface area contributed by atoms with E-state index in [9.17, 15) is 4.79 Å². The lowest BCUT2D eigenvalue weighted by Crippen LogP contribution is -2.31. The number of H-pyrrole nitrogens is 1. The monoisotopic (exact) mass is 244 g/mol. The van der Waals surface area contributed by atoms with Crippen LogP contribution in [0.1, 0.15) is 56.5 Å². The summed E-state index contributed by atoms with van der Waals surface area (Å²) in [6, 6.07) is 0. The first kappa shape index (κ1) is 11.7. The number of aromatic nitrogens is 2. The number of rotatable bonds is 0. The van der Waals surface area contributed by atoms with E-state index < -0.39 is 0 Å². The smallest absolute Gasteiger partial charge is 0.159 e. The number of ketones is 1. The average Bonchev–Trinajstić information content (AvgIpc) is 2.57. The lowest BCUT2D eigenvalue weighted by atomic mass is 9.66. The molecule has 1 atom stereocenters. The fourth-order valence-electron chi connectivity index (χ4n) is 3.71. The normalized spacial score (nSPS) is 26.0. The van der Waals surface area contributed by atoms with E-state index in [1.165, 1.54) is 11.1 Å². The molecule has 0 radical (unpaired) electrons. The molecule has 1 N–H and O–H groups in total. The quantitative estimate of drug-likeness (QED) is 0.762. The maximum atomic E-state index is 12.4. The molecule has 3 heteroatoms. The Hall–Kier alpha value is -1.38. The van der Waals surface area contributed by atoms with Gasteiger partial charge in [0.2, 0.25) is 0 Å². The minimum absolute atomic E-state index is 0.110. The average molecular weight is 244 g/mol. The molecule has 0 saturated carbocycles. The summed E-state index contributed by atoms with van der Waals surface area (Å²) in [6.45, 7) is 8.56.